The van der Waals surface area contributed by atoms with Gasteiger partial charge in [-0.3, -0.25) is 14.4 Å². The van der Waals surface area contributed by atoms with Gasteiger partial charge >= 0.3 is 5.97 Å². The Kier molecular flexibility index (Phi) is 8.67. The SMILES string of the molecule is COc1ccc(NC(=O)COC(=O)CN2CCCCCC2=O)cc1S(=O)(=O)N1CCCCC1. The van der Waals surface area contributed by atoms with Gasteiger partial charge in [-0.15, -0.1) is 0 Å². The van der Waals surface area contributed by atoms with Crippen molar-refractivity contribution in [2.75, 3.05) is 45.2 Å². The number of anilines is 1. The van der Waals surface area contributed by atoms with E-state index in [1.807, 2.05) is 0 Å². The Morgan fingerprint density at radius 3 is 2.45 bits per heavy atom. The molecule has 182 valence electrons. The fourth-order valence-electron chi connectivity index (χ4n) is 3.95. The lowest BCUT2D eigenvalue weighted by atomic mass is 10.2. The Labute approximate surface area is 194 Å². The lowest BCUT2D eigenvalue weighted by Crippen LogP contribution is -2.36. The fraction of sp³-hybridized carbons (Fsp3) is 0.591. The molecule has 0 atom stereocenters. The highest BCUT2D eigenvalue weighted by atomic mass is 32.2. The second-order valence-electron chi connectivity index (χ2n) is 8.17. The van der Waals surface area contributed by atoms with Crippen molar-refractivity contribution in [1.82, 2.24) is 9.21 Å². The van der Waals surface area contributed by atoms with Gasteiger partial charge in [0, 0.05) is 31.7 Å². The lowest BCUT2D eigenvalue weighted by molar-refractivity contribution is -0.151. The number of amides is 2. The zero-order valence-corrected chi connectivity index (χ0v) is 19.7. The van der Waals surface area contributed by atoms with E-state index in [1.165, 1.54) is 34.5 Å². The monoisotopic (exact) mass is 481 g/mol. The van der Waals surface area contributed by atoms with Crippen molar-refractivity contribution in [3.63, 3.8) is 0 Å². The number of benzene rings is 1. The van der Waals surface area contributed by atoms with Crippen molar-refractivity contribution in [1.29, 1.82) is 0 Å². The van der Waals surface area contributed by atoms with Crippen LogP contribution in [0, 0.1) is 0 Å². The molecular formula is C22H31N3O7S. The van der Waals surface area contributed by atoms with Gasteiger partial charge in [-0.1, -0.05) is 12.8 Å². The molecule has 33 heavy (non-hydrogen) atoms. The van der Waals surface area contributed by atoms with Gasteiger partial charge in [0.25, 0.3) is 5.91 Å². The van der Waals surface area contributed by atoms with Gasteiger partial charge in [0.1, 0.15) is 17.2 Å². The predicted octanol–water partition coefficient (Wildman–Crippen LogP) is 1.75. The fourth-order valence-corrected chi connectivity index (χ4v) is 5.65. The normalized spacial score (nSPS) is 17.8. The summed E-state index contributed by atoms with van der Waals surface area (Å²) in [4.78, 5) is 37.8. The highest BCUT2D eigenvalue weighted by Gasteiger charge is 2.29. The molecule has 1 N–H and O–H groups in total. The molecule has 2 aliphatic heterocycles. The minimum absolute atomic E-state index is 0.0265. The summed E-state index contributed by atoms with van der Waals surface area (Å²) in [7, 11) is -2.39. The Balaban J connectivity index is 1.59. The number of ether oxygens (including phenoxy) is 2. The number of carbonyl (C=O) groups excluding carboxylic acids is 3. The number of likely N-dealkylation sites (tertiary alicyclic amines) is 1. The van der Waals surface area contributed by atoms with Crippen molar-refractivity contribution >= 4 is 33.5 Å². The minimum Gasteiger partial charge on any atom is -0.495 e. The van der Waals surface area contributed by atoms with E-state index in [-0.39, 0.29) is 28.8 Å². The zero-order valence-electron chi connectivity index (χ0n) is 18.9. The smallest absolute Gasteiger partial charge is 0.326 e. The van der Waals surface area contributed by atoms with Crippen LogP contribution in [0.2, 0.25) is 0 Å². The number of nitrogens with one attached hydrogen (secondary N) is 1. The summed E-state index contributed by atoms with van der Waals surface area (Å²) in [5, 5.41) is 2.55. The maximum Gasteiger partial charge on any atom is 0.326 e. The number of sulfonamides is 1. The maximum absolute atomic E-state index is 13.1. The maximum atomic E-state index is 13.1. The van der Waals surface area contributed by atoms with E-state index in [1.54, 1.807) is 0 Å². The predicted molar refractivity (Wildman–Crippen MR) is 120 cm³/mol. The molecular weight excluding hydrogens is 450 g/mol. The Bertz CT molecular complexity index is 974. The number of piperidine rings is 1. The van der Waals surface area contributed by atoms with Crippen molar-refractivity contribution in [2.45, 2.75) is 49.8 Å². The van der Waals surface area contributed by atoms with E-state index in [9.17, 15) is 22.8 Å². The molecule has 3 rings (SSSR count). The highest BCUT2D eigenvalue weighted by Crippen LogP contribution is 2.31. The van der Waals surface area contributed by atoms with Crippen LogP contribution in [0.15, 0.2) is 23.1 Å². The molecule has 1 aromatic rings. The molecule has 0 bridgehead atoms. The molecule has 2 fully saturated rings. The standard InChI is InChI=1S/C22H31N3O7S/c1-31-18-10-9-17(14-19(18)33(29,30)25-12-6-3-7-13-25)23-20(26)16-32-22(28)15-24-11-5-2-4-8-21(24)27/h9-10,14H,2-8,11-13,15-16H2,1H3,(H,23,26). The second kappa shape index (κ2) is 11.5. The molecule has 10 nitrogen and oxygen atoms in total. The van der Waals surface area contributed by atoms with Gasteiger partial charge in [-0.2, -0.15) is 4.31 Å². The first-order chi connectivity index (χ1) is 15.8. The number of rotatable bonds is 8. The molecule has 2 amide bonds. The first-order valence-corrected chi connectivity index (χ1v) is 12.7. The second-order valence-corrected chi connectivity index (χ2v) is 10.1. The van der Waals surface area contributed by atoms with Crippen LogP contribution in [-0.2, 0) is 29.1 Å². The van der Waals surface area contributed by atoms with Gasteiger partial charge in [-0.25, -0.2) is 8.42 Å². The summed E-state index contributed by atoms with van der Waals surface area (Å²) >= 11 is 0. The summed E-state index contributed by atoms with van der Waals surface area (Å²) in [6.07, 6.45) is 5.58. The van der Waals surface area contributed by atoms with E-state index < -0.39 is 28.5 Å². The van der Waals surface area contributed by atoms with Gasteiger partial charge in [0.15, 0.2) is 6.61 Å². The largest absolute Gasteiger partial charge is 0.495 e. The lowest BCUT2D eigenvalue weighted by Gasteiger charge is -2.26. The van der Waals surface area contributed by atoms with Crippen molar-refractivity contribution < 1.29 is 32.3 Å². The quantitative estimate of drug-likeness (QED) is 0.561. The Morgan fingerprint density at radius 2 is 1.73 bits per heavy atom. The van der Waals surface area contributed by atoms with Gasteiger partial charge in [0.2, 0.25) is 15.9 Å². The van der Waals surface area contributed by atoms with Crippen molar-refractivity contribution in [3.05, 3.63) is 18.2 Å². The molecule has 2 saturated heterocycles. The van der Waals surface area contributed by atoms with E-state index in [4.69, 9.17) is 9.47 Å². The molecule has 0 spiro atoms. The average molecular weight is 482 g/mol. The zero-order chi connectivity index (χ0) is 23.8. The number of hydrogen-bond donors (Lipinski definition) is 1. The molecule has 0 radical (unpaired) electrons. The van der Waals surface area contributed by atoms with Gasteiger partial charge < -0.3 is 19.7 Å². The van der Waals surface area contributed by atoms with E-state index in [0.717, 1.165) is 38.5 Å². The first kappa shape index (κ1) is 25.0. The summed E-state index contributed by atoms with van der Waals surface area (Å²) in [5.74, 6) is -1.18. The van der Waals surface area contributed by atoms with Crippen LogP contribution < -0.4 is 10.1 Å². The van der Waals surface area contributed by atoms with E-state index in [2.05, 4.69) is 5.32 Å². The molecule has 0 aromatic heterocycles. The highest BCUT2D eigenvalue weighted by molar-refractivity contribution is 7.89. The number of carbonyl (C=O) groups is 3. The van der Waals surface area contributed by atoms with Crippen LogP contribution in [0.5, 0.6) is 5.75 Å². The third kappa shape index (κ3) is 6.67. The molecule has 1 aromatic carbocycles. The van der Waals surface area contributed by atoms with E-state index in [0.29, 0.717) is 26.1 Å². The molecule has 0 aliphatic carbocycles. The topological polar surface area (TPSA) is 122 Å². The Morgan fingerprint density at radius 1 is 1.03 bits per heavy atom. The van der Waals surface area contributed by atoms with Crippen molar-refractivity contribution in [2.24, 2.45) is 0 Å². The number of nitrogens with zero attached hydrogens (tertiary/aromatic N) is 2. The van der Waals surface area contributed by atoms with E-state index >= 15 is 0 Å². The van der Waals surface area contributed by atoms with Crippen LogP contribution in [-0.4, -0.2) is 75.3 Å². The van der Waals surface area contributed by atoms with Crippen LogP contribution in [0.1, 0.15) is 44.9 Å². The van der Waals surface area contributed by atoms with Gasteiger partial charge in [0.05, 0.1) is 7.11 Å². The van der Waals surface area contributed by atoms with Crippen LogP contribution in [0.3, 0.4) is 0 Å². The van der Waals surface area contributed by atoms with Crippen LogP contribution in [0.4, 0.5) is 5.69 Å². The van der Waals surface area contributed by atoms with Crippen LogP contribution >= 0.6 is 0 Å². The molecule has 0 unspecified atom stereocenters. The Hall–Kier alpha value is -2.66. The molecule has 2 heterocycles. The number of esters is 1. The third-order valence-corrected chi connectivity index (χ3v) is 7.66. The summed E-state index contributed by atoms with van der Waals surface area (Å²) in [5.41, 5.74) is 0.245. The van der Waals surface area contributed by atoms with Gasteiger partial charge in [-0.05, 0) is 43.9 Å². The summed E-state index contributed by atoms with van der Waals surface area (Å²) in [6.45, 7) is 0.656. The molecule has 0 saturated carbocycles. The van der Waals surface area contributed by atoms with Crippen molar-refractivity contribution in [3.8, 4) is 5.75 Å². The average Bonchev–Trinajstić information content (AvgIpc) is 3.02. The summed E-state index contributed by atoms with van der Waals surface area (Å²) < 4.78 is 37.8. The number of methoxy groups -OCH3 is 1. The minimum atomic E-state index is -3.78. The summed E-state index contributed by atoms with van der Waals surface area (Å²) in [6, 6.07) is 4.34. The number of hydrogen-bond acceptors (Lipinski definition) is 7. The molecule has 2 aliphatic rings. The third-order valence-electron chi connectivity index (χ3n) is 5.74. The molecule has 11 heteroatoms. The first-order valence-electron chi connectivity index (χ1n) is 11.2. The van der Waals surface area contributed by atoms with Crippen LogP contribution in [0.25, 0.3) is 0 Å².